The summed E-state index contributed by atoms with van der Waals surface area (Å²) < 4.78 is 19.2. The maximum Gasteiger partial charge on any atom is 2.00 e. The van der Waals surface area contributed by atoms with Gasteiger partial charge >= 0.3 is 21.1 Å². The molecule has 212 valence electrons. The predicted molar refractivity (Wildman–Crippen MR) is 163 cm³/mol. The van der Waals surface area contributed by atoms with Crippen molar-refractivity contribution in [1.82, 2.24) is 9.97 Å². The van der Waals surface area contributed by atoms with E-state index in [4.69, 9.17) is 18.6 Å². The zero-order valence-electron chi connectivity index (χ0n) is 24.4. The summed E-state index contributed by atoms with van der Waals surface area (Å²) in [4.78, 5) is 9.47. The normalized spacial score (nSPS) is 12.3. The summed E-state index contributed by atoms with van der Waals surface area (Å²) >= 11 is 0. The van der Waals surface area contributed by atoms with Crippen LogP contribution in [0, 0.1) is 12.1 Å². The van der Waals surface area contributed by atoms with Gasteiger partial charge in [-0.25, -0.2) is 10.5 Å². The van der Waals surface area contributed by atoms with Crippen LogP contribution in [-0.4, -0.2) is 9.97 Å². The Kier molecular flexibility index (Phi) is 6.78. The van der Waals surface area contributed by atoms with Crippen molar-refractivity contribution >= 4 is 33.1 Å². The summed E-state index contributed by atoms with van der Waals surface area (Å²) in [5.41, 5.74) is 8.31. The number of pyridine rings is 2. The Labute approximate surface area is 259 Å². The van der Waals surface area contributed by atoms with Crippen LogP contribution in [0.4, 0.5) is 0 Å². The molecule has 0 spiro atoms. The first-order valence-corrected chi connectivity index (χ1v) is 13.8. The number of benzene rings is 3. The Hall–Kier alpha value is -3.95. The molecule has 42 heavy (non-hydrogen) atoms. The summed E-state index contributed by atoms with van der Waals surface area (Å²) in [7, 11) is 0. The molecule has 7 aromatic rings. The number of hydrogen-bond acceptors (Lipinski definition) is 5. The molecule has 0 aliphatic heterocycles. The topological polar surface area (TPSA) is 61.3 Å². The van der Waals surface area contributed by atoms with E-state index in [1.807, 2.05) is 54.7 Å². The smallest absolute Gasteiger partial charge is 0.510 e. The molecule has 0 N–H and O–H groups in total. The third kappa shape index (κ3) is 4.80. The van der Waals surface area contributed by atoms with E-state index < -0.39 is 0 Å². The summed E-state index contributed by atoms with van der Waals surface area (Å²) in [6, 6.07) is 28.7. The van der Waals surface area contributed by atoms with Gasteiger partial charge in [-0.3, -0.25) is 4.98 Å². The Balaban J connectivity index is 0.00000316. The predicted octanol–water partition coefficient (Wildman–Crippen LogP) is 9.88. The third-order valence-electron chi connectivity index (χ3n) is 7.55. The van der Waals surface area contributed by atoms with Gasteiger partial charge in [0.15, 0.2) is 0 Å². The number of aromatic nitrogens is 2. The minimum atomic E-state index is -0.0240. The Morgan fingerprint density at radius 3 is 2.14 bits per heavy atom. The maximum absolute atomic E-state index is 6.44. The van der Waals surface area contributed by atoms with E-state index in [1.165, 1.54) is 11.1 Å². The molecule has 0 aliphatic rings. The molecule has 7 rings (SSSR count). The molecule has 0 fully saturated rings. The molecule has 0 atom stereocenters. The fourth-order valence-electron chi connectivity index (χ4n) is 5.19. The first kappa shape index (κ1) is 28.2. The van der Waals surface area contributed by atoms with Gasteiger partial charge < -0.3 is 13.6 Å². The average Bonchev–Trinajstić information content (AvgIpc) is 3.54. The van der Waals surface area contributed by atoms with Crippen molar-refractivity contribution < 1.29 is 34.6 Å². The first-order chi connectivity index (χ1) is 19.6. The molecule has 0 radical (unpaired) electrons. The van der Waals surface area contributed by atoms with E-state index in [0.29, 0.717) is 22.8 Å². The molecular weight excluding hydrogens is 703 g/mol. The van der Waals surface area contributed by atoms with E-state index in [9.17, 15) is 0 Å². The van der Waals surface area contributed by atoms with Crippen LogP contribution in [0.25, 0.3) is 55.6 Å². The molecule has 5 nitrogen and oxygen atoms in total. The minimum Gasteiger partial charge on any atom is -0.510 e. The molecule has 0 saturated heterocycles. The van der Waals surface area contributed by atoms with Crippen LogP contribution >= 0.6 is 0 Å². The van der Waals surface area contributed by atoms with Crippen molar-refractivity contribution in [3.63, 3.8) is 0 Å². The van der Waals surface area contributed by atoms with E-state index in [0.717, 1.165) is 44.5 Å². The van der Waals surface area contributed by atoms with Gasteiger partial charge in [0.1, 0.15) is 11.2 Å². The second-order valence-electron chi connectivity index (χ2n) is 12.6. The van der Waals surface area contributed by atoms with Crippen molar-refractivity contribution in [2.45, 2.75) is 52.4 Å². The molecule has 0 unspecified atom stereocenters. The zero-order chi connectivity index (χ0) is 28.5. The number of hydrogen-bond donors (Lipinski definition) is 0. The van der Waals surface area contributed by atoms with Crippen LogP contribution in [0.15, 0.2) is 81.8 Å². The number of ether oxygens (including phenoxy) is 1. The van der Waals surface area contributed by atoms with E-state index in [2.05, 4.69) is 76.9 Å². The van der Waals surface area contributed by atoms with Crippen LogP contribution in [0.3, 0.4) is 0 Å². The standard InChI is InChI=1S/C36H30N2O3.Pt/c1-35(2,3)22-11-7-10-21(18-22)24-19-29(34-32-31-27(40-33(24)32)13-9-14-28(31)41-34)39-30-15-8-12-26(38-30)25-17-16-23(20-37-25)36(4,5)6;/h7-9,11-18,20H,1-6H3;/q-2;+2. The number of rotatable bonds is 4. The van der Waals surface area contributed by atoms with E-state index in [1.54, 1.807) is 0 Å². The average molecular weight is 734 g/mol. The van der Waals surface area contributed by atoms with Gasteiger partial charge in [0, 0.05) is 17.8 Å². The third-order valence-corrected chi connectivity index (χ3v) is 7.55. The summed E-state index contributed by atoms with van der Waals surface area (Å²) in [5, 5.41) is 1.82. The van der Waals surface area contributed by atoms with Gasteiger partial charge in [-0.15, -0.1) is 17.7 Å². The van der Waals surface area contributed by atoms with Crippen molar-refractivity contribution in [3.8, 4) is 34.1 Å². The van der Waals surface area contributed by atoms with Crippen molar-refractivity contribution in [1.29, 1.82) is 0 Å². The Bertz CT molecular complexity index is 2040. The SMILES string of the molecule is CC(C)(C)c1ccc(-c2cccc(Oc3[c-]c(-c4[c-]ccc(C(C)(C)C)c4)c4oc5cccc6oc3c4c65)n2)nc1.[Pt+2]. The Morgan fingerprint density at radius 1 is 0.738 bits per heavy atom. The van der Waals surface area contributed by atoms with Gasteiger partial charge in [0.2, 0.25) is 5.88 Å². The molecule has 3 aromatic carbocycles. The number of furan rings is 2. The minimum absolute atomic E-state index is 0. The quantitative estimate of drug-likeness (QED) is 0.169. The van der Waals surface area contributed by atoms with Crippen molar-refractivity contribution in [2.75, 3.05) is 0 Å². The molecule has 0 aliphatic carbocycles. The Morgan fingerprint density at radius 2 is 1.45 bits per heavy atom. The summed E-state index contributed by atoms with van der Waals surface area (Å²) in [6.07, 6.45) is 1.91. The number of nitrogens with zero attached hydrogens (tertiary/aromatic N) is 2. The summed E-state index contributed by atoms with van der Waals surface area (Å²) in [5.74, 6) is 0.871. The van der Waals surface area contributed by atoms with Crippen LogP contribution in [0.2, 0.25) is 0 Å². The molecular formula is C36H30N2O3Pt. The second kappa shape index (κ2) is 10.1. The van der Waals surface area contributed by atoms with Gasteiger partial charge in [-0.1, -0.05) is 59.7 Å². The van der Waals surface area contributed by atoms with Crippen molar-refractivity contribution in [3.05, 3.63) is 96.2 Å². The van der Waals surface area contributed by atoms with Gasteiger partial charge in [-0.05, 0) is 46.0 Å². The largest absolute Gasteiger partial charge is 2.00 e. The summed E-state index contributed by atoms with van der Waals surface area (Å²) in [6.45, 7) is 13.1. The van der Waals surface area contributed by atoms with Gasteiger partial charge in [-0.2, -0.15) is 23.8 Å². The molecule has 0 saturated carbocycles. The zero-order valence-corrected chi connectivity index (χ0v) is 26.6. The van der Waals surface area contributed by atoms with Crippen LogP contribution in [0.1, 0.15) is 52.7 Å². The molecule has 0 amide bonds. The van der Waals surface area contributed by atoms with Crippen molar-refractivity contribution in [2.24, 2.45) is 0 Å². The molecule has 6 heteroatoms. The van der Waals surface area contributed by atoms with E-state index in [-0.39, 0.29) is 31.9 Å². The van der Waals surface area contributed by atoms with Crippen LogP contribution in [0.5, 0.6) is 11.6 Å². The maximum atomic E-state index is 6.44. The second-order valence-corrected chi connectivity index (χ2v) is 12.6. The molecule has 4 heterocycles. The monoisotopic (exact) mass is 733 g/mol. The fraction of sp³-hybridized carbons (Fsp3) is 0.222. The molecule has 4 aromatic heterocycles. The fourth-order valence-corrected chi connectivity index (χ4v) is 5.19. The van der Waals surface area contributed by atoms with Crippen LogP contribution in [-0.2, 0) is 31.9 Å². The first-order valence-electron chi connectivity index (χ1n) is 13.8. The van der Waals surface area contributed by atoms with Gasteiger partial charge in [0.05, 0.1) is 28.1 Å². The van der Waals surface area contributed by atoms with Gasteiger partial charge in [0.25, 0.3) is 0 Å². The van der Waals surface area contributed by atoms with E-state index >= 15 is 0 Å². The molecule has 0 bridgehead atoms. The van der Waals surface area contributed by atoms with Crippen LogP contribution < -0.4 is 4.74 Å².